The van der Waals surface area contributed by atoms with Crippen LogP contribution in [0.4, 0.5) is 21.0 Å². The molecule has 4 amide bonds. The second-order valence-electron chi connectivity index (χ2n) is 5.11. The third-order valence-corrected chi connectivity index (χ3v) is 3.78. The number of carbonyl (C=O) groups excluding carboxylic acids is 2. The minimum atomic E-state index is -0.994. The van der Waals surface area contributed by atoms with Crippen molar-refractivity contribution in [3.63, 3.8) is 0 Å². The van der Waals surface area contributed by atoms with Crippen LogP contribution in [-0.4, -0.2) is 36.2 Å². The first kappa shape index (κ1) is 13.4. The van der Waals surface area contributed by atoms with Crippen LogP contribution in [0.25, 0.3) is 0 Å². The summed E-state index contributed by atoms with van der Waals surface area (Å²) in [5.41, 5.74) is 2.18. The lowest BCUT2D eigenvalue weighted by Gasteiger charge is -2.31. The Morgan fingerprint density at radius 3 is 2.71 bits per heavy atom. The minimum absolute atomic E-state index is 0.242. The summed E-state index contributed by atoms with van der Waals surface area (Å²) in [6, 6.07) is 4.88. The van der Waals surface area contributed by atoms with Gasteiger partial charge in [0.25, 0.3) is 0 Å². The van der Waals surface area contributed by atoms with Crippen LogP contribution in [0.15, 0.2) is 18.2 Å². The summed E-state index contributed by atoms with van der Waals surface area (Å²) in [5.74, 6) is -0.290. The molecule has 0 unspecified atom stereocenters. The molecule has 2 heterocycles. The van der Waals surface area contributed by atoms with Crippen molar-refractivity contribution in [1.82, 2.24) is 5.32 Å². The van der Waals surface area contributed by atoms with E-state index in [1.165, 1.54) is 9.80 Å². The Morgan fingerprint density at radius 1 is 1.19 bits per heavy atom. The zero-order chi connectivity index (χ0) is 15.0. The Hall–Kier alpha value is -2.57. The molecule has 7 heteroatoms. The normalized spacial score (nSPS) is 18.3. The second-order valence-corrected chi connectivity index (χ2v) is 5.11. The zero-order valence-electron chi connectivity index (χ0n) is 11.3. The lowest BCUT2D eigenvalue weighted by molar-refractivity contribution is -0.120. The number of anilines is 2. The van der Waals surface area contributed by atoms with Crippen molar-refractivity contribution in [2.75, 3.05) is 22.9 Å². The summed E-state index contributed by atoms with van der Waals surface area (Å²) >= 11 is 0. The van der Waals surface area contributed by atoms with Crippen LogP contribution in [-0.2, 0) is 11.2 Å². The van der Waals surface area contributed by atoms with Gasteiger partial charge in [0.15, 0.2) is 0 Å². The summed E-state index contributed by atoms with van der Waals surface area (Å²) in [4.78, 5) is 37.1. The lowest BCUT2D eigenvalue weighted by atomic mass is 10.0. The summed E-state index contributed by atoms with van der Waals surface area (Å²) in [6.45, 7) is 0.757. The maximum absolute atomic E-state index is 11.9. The fourth-order valence-electron chi connectivity index (χ4n) is 2.74. The molecule has 21 heavy (non-hydrogen) atoms. The average molecular weight is 289 g/mol. The summed E-state index contributed by atoms with van der Waals surface area (Å²) < 4.78 is 0. The Morgan fingerprint density at radius 2 is 2.00 bits per heavy atom. The molecule has 110 valence electrons. The van der Waals surface area contributed by atoms with E-state index in [1.54, 1.807) is 12.1 Å². The van der Waals surface area contributed by atoms with Gasteiger partial charge in [0.1, 0.15) is 0 Å². The highest BCUT2D eigenvalue weighted by atomic mass is 16.4. The molecular weight excluding hydrogens is 274 g/mol. The van der Waals surface area contributed by atoms with Crippen LogP contribution >= 0.6 is 0 Å². The molecule has 1 saturated heterocycles. The van der Waals surface area contributed by atoms with Gasteiger partial charge in [-0.05, 0) is 30.5 Å². The number of urea groups is 1. The fraction of sp³-hybridized carbons (Fsp3) is 0.357. The second kappa shape index (κ2) is 5.08. The topological polar surface area (TPSA) is 90.0 Å². The molecule has 3 rings (SSSR count). The van der Waals surface area contributed by atoms with E-state index in [9.17, 15) is 19.5 Å². The Labute approximate surface area is 121 Å². The molecule has 0 bridgehead atoms. The van der Waals surface area contributed by atoms with Crippen LogP contribution in [0.1, 0.15) is 18.4 Å². The van der Waals surface area contributed by atoms with Crippen molar-refractivity contribution in [2.24, 2.45) is 0 Å². The number of rotatable bonds is 1. The predicted octanol–water partition coefficient (Wildman–Crippen LogP) is 1.56. The van der Waals surface area contributed by atoms with Crippen LogP contribution in [0.2, 0.25) is 0 Å². The van der Waals surface area contributed by atoms with Crippen molar-refractivity contribution in [3.05, 3.63) is 23.8 Å². The van der Waals surface area contributed by atoms with Gasteiger partial charge in [-0.15, -0.1) is 0 Å². The number of nitrogens with one attached hydrogen (secondary N) is 1. The smallest absolute Gasteiger partial charge is 0.411 e. The molecule has 0 radical (unpaired) electrons. The summed E-state index contributed by atoms with van der Waals surface area (Å²) in [6.07, 6.45) is 0.860. The van der Waals surface area contributed by atoms with E-state index in [0.717, 1.165) is 18.4 Å². The van der Waals surface area contributed by atoms with Gasteiger partial charge in [-0.3, -0.25) is 19.9 Å². The van der Waals surface area contributed by atoms with Crippen molar-refractivity contribution < 1.29 is 19.5 Å². The highest BCUT2D eigenvalue weighted by molar-refractivity contribution is 6.06. The number of aryl methyl sites for hydroxylation is 1. The molecule has 1 fully saturated rings. The summed E-state index contributed by atoms with van der Waals surface area (Å²) in [7, 11) is 0. The number of hydrogen-bond acceptors (Lipinski definition) is 3. The number of benzene rings is 1. The van der Waals surface area contributed by atoms with Crippen LogP contribution in [0, 0.1) is 0 Å². The van der Waals surface area contributed by atoms with Crippen LogP contribution in [0.5, 0.6) is 0 Å². The minimum Gasteiger partial charge on any atom is -0.465 e. The monoisotopic (exact) mass is 289 g/mol. The van der Waals surface area contributed by atoms with Crippen molar-refractivity contribution in [3.8, 4) is 0 Å². The van der Waals surface area contributed by atoms with Gasteiger partial charge in [-0.2, -0.15) is 0 Å². The molecule has 0 aromatic heterocycles. The van der Waals surface area contributed by atoms with Gasteiger partial charge in [-0.1, -0.05) is 6.07 Å². The van der Waals surface area contributed by atoms with Crippen molar-refractivity contribution >= 4 is 29.4 Å². The third-order valence-electron chi connectivity index (χ3n) is 3.78. The number of imide groups is 1. The summed E-state index contributed by atoms with van der Waals surface area (Å²) in [5, 5.41) is 11.5. The van der Waals surface area contributed by atoms with E-state index in [2.05, 4.69) is 5.32 Å². The largest absolute Gasteiger partial charge is 0.465 e. The average Bonchev–Trinajstić information content (AvgIpc) is 2.46. The Bertz CT molecular complexity index is 629. The lowest BCUT2D eigenvalue weighted by Crippen LogP contribution is -2.49. The number of hydrogen-bond donors (Lipinski definition) is 2. The molecule has 0 saturated carbocycles. The molecule has 0 aliphatic carbocycles. The van der Waals surface area contributed by atoms with E-state index in [-0.39, 0.29) is 12.3 Å². The number of nitrogens with zero attached hydrogens (tertiary/aromatic N) is 2. The maximum Gasteiger partial charge on any atom is 0.411 e. The van der Waals surface area contributed by atoms with E-state index in [4.69, 9.17) is 0 Å². The van der Waals surface area contributed by atoms with Crippen molar-refractivity contribution in [1.29, 1.82) is 0 Å². The molecule has 1 aromatic rings. The standard InChI is InChI=1S/C14H15N3O4/c18-12-5-7-16(13(19)15-12)10-4-3-9-2-1-6-17(14(20)21)11(9)8-10/h3-4,8H,1-2,5-7H2,(H,20,21)(H,15,18,19). The number of fused-ring (bicyclic) bond motifs is 1. The molecular formula is C14H15N3O4. The van der Waals surface area contributed by atoms with E-state index >= 15 is 0 Å². The number of carbonyl (C=O) groups is 3. The van der Waals surface area contributed by atoms with Gasteiger partial charge in [0, 0.05) is 25.2 Å². The molecule has 1 aromatic carbocycles. The van der Waals surface area contributed by atoms with Gasteiger partial charge in [0.2, 0.25) is 5.91 Å². The van der Waals surface area contributed by atoms with Gasteiger partial charge in [-0.25, -0.2) is 9.59 Å². The molecule has 2 aliphatic rings. The fourth-order valence-corrected chi connectivity index (χ4v) is 2.74. The van der Waals surface area contributed by atoms with Gasteiger partial charge in [0.05, 0.1) is 5.69 Å². The molecule has 7 nitrogen and oxygen atoms in total. The SMILES string of the molecule is O=C1CCN(c2ccc3c(c2)N(C(=O)O)CCC3)C(=O)N1. The Balaban J connectivity index is 1.95. The van der Waals surface area contributed by atoms with E-state index in [1.807, 2.05) is 6.07 Å². The van der Waals surface area contributed by atoms with E-state index in [0.29, 0.717) is 24.5 Å². The molecule has 0 atom stereocenters. The zero-order valence-corrected chi connectivity index (χ0v) is 11.3. The Kier molecular flexibility index (Phi) is 3.25. The number of carboxylic acid groups (broad SMARTS) is 1. The van der Waals surface area contributed by atoms with E-state index < -0.39 is 12.1 Å². The van der Waals surface area contributed by atoms with Gasteiger partial charge >= 0.3 is 12.1 Å². The first-order valence-electron chi connectivity index (χ1n) is 6.81. The highest BCUT2D eigenvalue weighted by Crippen LogP contribution is 2.32. The third kappa shape index (κ3) is 2.42. The van der Waals surface area contributed by atoms with Crippen molar-refractivity contribution in [2.45, 2.75) is 19.3 Å². The molecule has 2 N–H and O–H groups in total. The first-order valence-corrected chi connectivity index (χ1v) is 6.81. The van der Waals surface area contributed by atoms with Crippen LogP contribution < -0.4 is 15.1 Å². The maximum atomic E-state index is 11.9. The molecule has 2 aliphatic heterocycles. The predicted molar refractivity (Wildman–Crippen MR) is 75.6 cm³/mol. The quantitative estimate of drug-likeness (QED) is 0.821. The first-order chi connectivity index (χ1) is 10.1. The molecule has 0 spiro atoms. The van der Waals surface area contributed by atoms with Crippen LogP contribution in [0.3, 0.4) is 0 Å². The number of amides is 4. The highest BCUT2D eigenvalue weighted by Gasteiger charge is 2.27. The van der Waals surface area contributed by atoms with Gasteiger partial charge < -0.3 is 5.11 Å².